The van der Waals surface area contributed by atoms with Gasteiger partial charge in [0.15, 0.2) is 11.5 Å². The molecule has 1 amide bonds. The van der Waals surface area contributed by atoms with Gasteiger partial charge in [-0.3, -0.25) is 9.89 Å². The summed E-state index contributed by atoms with van der Waals surface area (Å²) in [5, 5.41) is 11.0. The van der Waals surface area contributed by atoms with E-state index in [9.17, 15) is 4.79 Å². The van der Waals surface area contributed by atoms with Crippen molar-refractivity contribution in [2.75, 3.05) is 21.3 Å². The van der Waals surface area contributed by atoms with E-state index in [2.05, 4.69) is 32.9 Å². The Labute approximate surface area is 197 Å². The molecule has 4 rings (SSSR count). The first-order valence-corrected chi connectivity index (χ1v) is 10.5. The van der Waals surface area contributed by atoms with Crippen LogP contribution in [0.5, 0.6) is 17.2 Å². The van der Waals surface area contributed by atoms with Gasteiger partial charge in [-0.25, -0.2) is 5.43 Å². The van der Waals surface area contributed by atoms with E-state index >= 15 is 0 Å². The molecule has 0 aliphatic heterocycles. The van der Waals surface area contributed by atoms with Crippen LogP contribution in [0.4, 0.5) is 0 Å². The highest BCUT2D eigenvalue weighted by atomic mass is 16.5. The number of methoxy groups -OCH3 is 3. The Morgan fingerprint density at radius 1 is 0.853 bits per heavy atom. The van der Waals surface area contributed by atoms with E-state index in [4.69, 9.17) is 14.2 Å². The second-order valence-electron chi connectivity index (χ2n) is 7.27. The monoisotopic (exact) mass is 456 g/mol. The van der Waals surface area contributed by atoms with Crippen molar-refractivity contribution in [2.24, 2.45) is 5.10 Å². The van der Waals surface area contributed by atoms with E-state index in [1.807, 2.05) is 42.5 Å². The van der Waals surface area contributed by atoms with Gasteiger partial charge in [-0.15, -0.1) is 0 Å². The quantitative estimate of drug-likeness (QED) is 0.300. The zero-order valence-corrected chi connectivity index (χ0v) is 19.0. The van der Waals surface area contributed by atoms with Crippen LogP contribution in [0.3, 0.4) is 0 Å². The molecule has 0 radical (unpaired) electrons. The van der Waals surface area contributed by atoms with Crippen LogP contribution >= 0.6 is 0 Å². The largest absolute Gasteiger partial charge is 0.493 e. The standard InChI is InChI=1S/C26H24N4O4/c1-32-23-13-17(14-24(33-2)25(23)34-3)16-27-30-26(31)22-15-21(28-29-22)20-11-9-19(10-12-20)18-7-5-4-6-8-18/h4-16H,1-3H3,(H,28,29)(H,30,31). The van der Waals surface area contributed by atoms with E-state index < -0.39 is 5.91 Å². The fourth-order valence-corrected chi connectivity index (χ4v) is 3.45. The summed E-state index contributed by atoms with van der Waals surface area (Å²) in [5.41, 5.74) is 7.27. The number of carbonyl (C=O) groups is 1. The second kappa shape index (κ2) is 10.4. The summed E-state index contributed by atoms with van der Waals surface area (Å²) in [6.45, 7) is 0. The number of hydrogen-bond donors (Lipinski definition) is 2. The molecule has 8 nitrogen and oxygen atoms in total. The summed E-state index contributed by atoms with van der Waals surface area (Å²) in [7, 11) is 4.60. The third kappa shape index (κ3) is 4.91. The topological polar surface area (TPSA) is 97.8 Å². The summed E-state index contributed by atoms with van der Waals surface area (Å²) >= 11 is 0. The van der Waals surface area contributed by atoms with Crippen molar-refractivity contribution in [3.63, 3.8) is 0 Å². The van der Waals surface area contributed by atoms with E-state index in [1.165, 1.54) is 27.5 Å². The zero-order valence-electron chi connectivity index (χ0n) is 19.0. The number of H-pyrrole nitrogens is 1. The number of aromatic amines is 1. The van der Waals surface area contributed by atoms with E-state index in [0.29, 0.717) is 34.2 Å². The molecule has 3 aromatic carbocycles. The molecule has 0 atom stereocenters. The fraction of sp³-hybridized carbons (Fsp3) is 0.115. The van der Waals surface area contributed by atoms with Crippen LogP contribution in [0.25, 0.3) is 22.4 Å². The van der Waals surface area contributed by atoms with Gasteiger partial charge < -0.3 is 14.2 Å². The van der Waals surface area contributed by atoms with E-state index in [0.717, 1.165) is 16.7 Å². The highest BCUT2D eigenvalue weighted by Gasteiger charge is 2.13. The normalized spacial score (nSPS) is 10.8. The maximum atomic E-state index is 12.5. The van der Waals surface area contributed by atoms with Crippen LogP contribution in [-0.2, 0) is 0 Å². The average Bonchev–Trinajstić information content (AvgIpc) is 3.39. The number of aromatic nitrogens is 2. The lowest BCUT2D eigenvalue weighted by Crippen LogP contribution is -2.18. The molecule has 1 heterocycles. The lowest BCUT2D eigenvalue weighted by molar-refractivity contribution is 0.0950. The fourth-order valence-electron chi connectivity index (χ4n) is 3.45. The number of rotatable bonds is 8. The number of hydrogen-bond acceptors (Lipinski definition) is 6. The Balaban J connectivity index is 1.43. The maximum Gasteiger partial charge on any atom is 0.289 e. The van der Waals surface area contributed by atoms with Gasteiger partial charge in [0.2, 0.25) is 5.75 Å². The van der Waals surface area contributed by atoms with Crippen LogP contribution < -0.4 is 19.6 Å². The van der Waals surface area contributed by atoms with Crippen LogP contribution in [0.15, 0.2) is 77.9 Å². The zero-order chi connectivity index (χ0) is 23.9. The molecule has 4 aromatic rings. The molecule has 0 saturated carbocycles. The Morgan fingerprint density at radius 3 is 2.09 bits per heavy atom. The van der Waals surface area contributed by atoms with Crippen LogP contribution in [0.1, 0.15) is 16.1 Å². The first kappa shape index (κ1) is 22.6. The van der Waals surface area contributed by atoms with Gasteiger partial charge in [0, 0.05) is 11.1 Å². The SMILES string of the molecule is COc1cc(C=NNC(=O)c2cc(-c3ccc(-c4ccccc4)cc3)n[nH]2)cc(OC)c1OC. The molecule has 0 fully saturated rings. The summed E-state index contributed by atoms with van der Waals surface area (Å²) < 4.78 is 16.0. The molecule has 1 aromatic heterocycles. The second-order valence-corrected chi connectivity index (χ2v) is 7.27. The molecule has 0 aliphatic carbocycles. The van der Waals surface area contributed by atoms with Gasteiger partial charge in [-0.1, -0.05) is 54.6 Å². The van der Waals surface area contributed by atoms with E-state index in [-0.39, 0.29) is 0 Å². The first-order chi connectivity index (χ1) is 16.6. The number of amides is 1. The van der Waals surface area contributed by atoms with Gasteiger partial charge in [0.1, 0.15) is 5.69 Å². The Kier molecular flexibility index (Phi) is 6.88. The van der Waals surface area contributed by atoms with Gasteiger partial charge in [0.05, 0.1) is 33.2 Å². The van der Waals surface area contributed by atoms with Crippen molar-refractivity contribution in [3.8, 4) is 39.6 Å². The van der Waals surface area contributed by atoms with E-state index in [1.54, 1.807) is 18.2 Å². The average molecular weight is 457 g/mol. The Morgan fingerprint density at radius 2 is 1.47 bits per heavy atom. The van der Waals surface area contributed by atoms with Crippen LogP contribution in [0.2, 0.25) is 0 Å². The molecular weight excluding hydrogens is 432 g/mol. The minimum absolute atomic E-state index is 0.296. The van der Waals surface area contributed by atoms with Gasteiger partial charge in [-0.05, 0) is 29.3 Å². The Bertz CT molecular complexity index is 1270. The lowest BCUT2D eigenvalue weighted by atomic mass is 10.0. The van der Waals surface area contributed by atoms with Crippen molar-refractivity contribution in [3.05, 3.63) is 84.1 Å². The van der Waals surface area contributed by atoms with Crippen molar-refractivity contribution in [1.82, 2.24) is 15.6 Å². The molecule has 8 heteroatoms. The molecule has 0 saturated heterocycles. The lowest BCUT2D eigenvalue weighted by Gasteiger charge is -2.12. The number of nitrogens with one attached hydrogen (secondary N) is 2. The van der Waals surface area contributed by atoms with Gasteiger partial charge in [0.25, 0.3) is 5.91 Å². The molecule has 0 spiro atoms. The summed E-state index contributed by atoms with van der Waals surface area (Å²) in [6.07, 6.45) is 1.49. The number of carbonyl (C=O) groups excluding carboxylic acids is 1. The minimum atomic E-state index is -0.414. The van der Waals surface area contributed by atoms with Gasteiger partial charge >= 0.3 is 0 Å². The van der Waals surface area contributed by atoms with Crippen molar-refractivity contribution >= 4 is 12.1 Å². The molecule has 2 N–H and O–H groups in total. The van der Waals surface area contributed by atoms with Crippen molar-refractivity contribution < 1.29 is 19.0 Å². The molecule has 34 heavy (non-hydrogen) atoms. The summed E-state index contributed by atoms with van der Waals surface area (Å²) in [6, 6.07) is 23.3. The van der Waals surface area contributed by atoms with Crippen LogP contribution in [-0.4, -0.2) is 43.6 Å². The number of hydrazone groups is 1. The summed E-state index contributed by atoms with van der Waals surface area (Å²) in [5.74, 6) is 1.05. The first-order valence-electron chi connectivity index (χ1n) is 10.5. The third-order valence-electron chi connectivity index (χ3n) is 5.18. The third-order valence-corrected chi connectivity index (χ3v) is 5.18. The molecule has 172 valence electrons. The van der Waals surface area contributed by atoms with Crippen molar-refractivity contribution in [1.29, 1.82) is 0 Å². The maximum absolute atomic E-state index is 12.5. The van der Waals surface area contributed by atoms with Crippen LogP contribution in [0, 0.1) is 0 Å². The molecule has 0 bridgehead atoms. The smallest absolute Gasteiger partial charge is 0.289 e. The number of nitrogens with zero attached hydrogens (tertiary/aromatic N) is 2. The predicted octanol–water partition coefficient (Wildman–Crippen LogP) is 4.53. The number of ether oxygens (including phenoxy) is 3. The molecule has 0 unspecified atom stereocenters. The summed E-state index contributed by atoms with van der Waals surface area (Å²) in [4.78, 5) is 12.5. The predicted molar refractivity (Wildman–Crippen MR) is 131 cm³/mol. The van der Waals surface area contributed by atoms with Gasteiger partial charge in [-0.2, -0.15) is 10.2 Å². The highest BCUT2D eigenvalue weighted by molar-refractivity contribution is 5.94. The Hall–Kier alpha value is -4.59. The minimum Gasteiger partial charge on any atom is -0.493 e. The van der Waals surface area contributed by atoms with Crippen molar-refractivity contribution in [2.45, 2.75) is 0 Å². The molecular formula is C26H24N4O4. The highest BCUT2D eigenvalue weighted by Crippen LogP contribution is 2.37. The number of benzene rings is 3. The molecule has 0 aliphatic rings.